The van der Waals surface area contributed by atoms with Gasteiger partial charge in [0.05, 0.1) is 10.7 Å². The minimum atomic E-state index is -0.0516. The normalized spacial score (nSPS) is 14.7. The average molecular weight is 311 g/mol. The van der Waals surface area contributed by atoms with Gasteiger partial charge in [-0.25, -0.2) is 0 Å². The molecule has 1 aromatic carbocycles. The lowest BCUT2D eigenvalue weighted by molar-refractivity contribution is -0.116. The number of hydrogen-bond donors (Lipinski definition) is 2. The first kappa shape index (κ1) is 16.1. The summed E-state index contributed by atoms with van der Waals surface area (Å²) in [5.41, 5.74) is 6.79. The summed E-state index contributed by atoms with van der Waals surface area (Å²) in [6.07, 6.45) is 6.40. The number of amides is 1. The quantitative estimate of drug-likeness (QED) is 0.566. The highest BCUT2D eigenvalue weighted by Crippen LogP contribution is 2.29. The van der Waals surface area contributed by atoms with Gasteiger partial charge in [-0.2, -0.15) is 0 Å². The van der Waals surface area contributed by atoms with Gasteiger partial charge in [0.2, 0.25) is 5.91 Å². The summed E-state index contributed by atoms with van der Waals surface area (Å²) < 4.78 is 5.56. The smallest absolute Gasteiger partial charge is 0.224 e. The first-order chi connectivity index (χ1) is 10.1. The molecule has 1 aliphatic rings. The Bertz CT molecular complexity index is 475. The minimum absolute atomic E-state index is 0.0516. The van der Waals surface area contributed by atoms with Crippen LogP contribution < -0.4 is 11.1 Å². The summed E-state index contributed by atoms with van der Waals surface area (Å²) in [7, 11) is 0. The molecule has 0 unspecified atom stereocenters. The van der Waals surface area contributed by atoms with Crippen LogP contribution in [0.4, 0.5) is 11.4 Å². The highest BCUT2D eigenvalue weighted by molar-refractivity contribution is 6.34. The lowest BCUT2D eigenvalue weighted by atomic mass is 9.83. The number of anilines is 2. The van der Waals surface area contributed by atoms with Gasteiger partial charge in [-0.1, -0.05) is 30.9 Å². The Kier molecular flexibility index (Phi) is 6.33. The largest absolute Gasteiger partial charge is 0.399 e. The third-order valence-electron chi connectivity index (χ3n) is 3.85. The second kappa shape index (κ2) is 8.25. The Hall–Kier alpha value is -1.26. The Morgan fingerprint density at radius 3 is 2.86 bits per heavy atom. The molecule has 3 N–H and O–H groups in total. The van der Waals surface area contributed by atoms with E-state index in [0.29, 0.717) is 29.4 Å². The Balaban J connectivity index is 1.56. The number of nitrogens with one attached hydrogen (secondary N) is 1. The van der Waals surface area contributed by atoms with Gasteiger partial charge in [-0.05, 0) is 37.0 Å². The molecule has 0 bridgehead atoms. The van der Waals surface area contributed by atoms with Crippen LogP contribution >= 0.6 is 11.6 Å². The van der Waals surface area contributed by atoms with Crippen molar-refractivity contribution >= 4 is 28.9 Å². The van der Waals surface area contributed by atoms with Crippen molar-refractivity contribution in [1.29, 1.82) is 0 Å². The molecule has 0 atom stereocenters. The van der Waals surface area contributed by atoms with Crippen LogP contribution in [-0.4, -0.2) is 19.1 Å². The van der Waals surface area contributed by atoms with Crippen LogP contribution in [0.2, 0.25) is 5.02 Å². The average Bonchev–Trinajstić information content (AvgIpc) is 2.39. The number of nitrogen functional groups attached to an aromatic ring is 1. The van der Waals surface area contributed by atoms with Crippen LogP contribution in [0, 0.1) is 5.92 Å². The molecule has 0 heterocycles. The van der Waals surface area contributed by atoms with Gasteiger partial charge in [-0.3, -0.25) is 4.79 Å². The van der Waals surface area contributed by atoms with Gasteiger partial charge >= 0.3 is 0 Å². The second-order valence-corrected chi connectivity index (χ2v) is 6.00. The molecule has 1 aromatic rings. The Labute approximate surface area is 131 Å². The summed E-state index contributed by atoms with van der Waals surface area (Å²) in [6.45, 7) is 1.45. The number of halogens is 1. The van der Waals surface area contributed by atoms with E-state index in [2.05, 4.69) is 5.32 Å². The van der Waals surface area contributed by atoms with Crippen molar-refractivity contribution in [2.75, 3.05) is 24.3 Å². The maximum atomic E-state index is 11.8. The van der Waals surface area contributed by atoms with Gasteiger partial charge in [0, 0.05) is 25.3 Å². The lowest BCUT2D eigenvalue weighted by Crippen LogP contribution is -2.15. The fourth-order valence-electron chi connectivity index (χ4n) is 2.31. The number of ether oxygens (including phenoxy) is 1. The van der Waals surface area contributed by atoms with Gasteiger partial charge < -0.3 is 15.8 Å². The third-order valence-corrected chi connectivity index (χ3v) is 4.17. The van der Waals surface area contributed by atoms with Crippen molar-refractivity contribution in [1.82, 2.24) is 0 Å². The fourth-order valence-corrected chi connectivity index (χ4v) is 2.55. The van der Waals surface area contributed by atoms with Gasteiger partial charge in [-0.15, -0.1) is 0 Å². The highest BCUT2D eigenvalue weighted by atomic mass is 35.5. The summed E-state index contributed by atoms with van der Waals surface area (Å²) in [6, 6.07) is 5.05. The molecule has 0 aromatic heterocycles. The maximum Gasteiger partial charge on any atom is 0.224 e. The van der Waals surface area contributed by atoms with E-state index in [-0.39, 0.29) is 5.91 Å². The molecule has 4 nitrogen and oxygen atoms in total. The molecule has 1 aliphatic carbocycles. The standard InChI is InChI=1S/C16H23ClN2O2/c17-14-11-13(18)6-7-15(14)19-16(20)5-2-9-21-10-8-12-3-1-4-12/h6-7,11-12H,1-5,8-10,18H2,(H,19,20). The monoisotopic (exact) mass is 310 g/mol. The van der Waals surface area contributed by atoms with Crippen LogP contribution in [0.15, 0.2) is 18.2 Å². The number of carbonyl (C=O) groups is 1. The van der Waals surface area contributed by atoms with Crippen LogP contribution in [-0.2, 0) is 9.53 Å². The molecule has 1 amide bonds. The number of rotatable bonds is 8. The van der Waals surface area contributed by atoms with E-state index in [1.807, 2.05) is 0 Å². The summed E-state index contributed by atoms with van der Waals surface area (Å²) in [5.74, 6) is 0.824. The van der Waals surface area contributed by atoms with Gasteiger partial charge in [0.1, 0.15) is 0 Å². The number of carbonyl (C=O) groups excluding carboxylic acids is 1. The van der Waals surface area contributed by atoms with Crippen molar-refractivity contribution in [3.05, 3.63) is 23.2 Å². The number of benzene rings is 1. The summed E-state index contributed by atoms with van der Waals surface area (Å²) in [4.78, 5) is 11.8. The minimum Gasteiger partial charge on any atom is -0.399 e. The maximum absolute atomic E-state index is 11.8. The van der Waals surface area contributed by atoms with E-state index in [4.69, 9.17) is 22.1 Å². The van der Waals surface area contributed by atoms with Crippen molar-refractivity contribution in [3.8, 4) is 0 Å². The van der Waals surface area contributed by atoms with E-state index >= 15 is 0 Å². The molecule has 5 heteroatoms. The zero-order valence-electron chi connectivity index (χ0n) is 12.2. The molecule has 0 aliphatic heterocycles. The lowest BCUT2D eigenvalue weighted by Gasteiger charge is -2.24. The molecule has 0 spiro atoms. The van der Waals surface area contributed by atoms with Crippen LogP contribution in [0.1, 0.15) is 38.5 Å². The molecule has 116 valence electrons. The SMILES string of the molecule is Nc1ccc(NC(=O)CCCOCCC2CCC2)c(Cl)c1. The zero-order valence-corrected chi connectivity index (χ0v) is 13.0. The molecular formula is C16H23ClN2O2. The van der Waals surface area contributed by atoms with Crippen LogP contribution in [0.3, 0.4) is 0 Å². The van der Waals surface area contributed by atoms with E-state index in [0.717, 1.165) is 25.4 Å². The topological polar surface area (TPSA) is 64.3 Å². The molecular weight excluding hydrogens is 288 g/mol. The van der Waals surface area contributed by atoms with Crippen molar-refractivity contribution in [3.63, 3.8) is 0 Å². The predicted octanol–water partition coefficient (Wildman–Crippen LogP) is 3.85. The van der Waals surface area contributed by atoms with E-state index in [9.17, 15) is 4.79 Å². The summed E-state index contributed by atoms with van der Waals surface area (Å²) in [5, 5.41) is 3.24. The first-order valence-electron chi connectivity index (χ1n) is 7.58. The predicted molar refractivity (Wildman–Crippen MR) is 86.5 cm³/mol. The van der Waals surface area contributed by atoms with Crippen LogP contribution in [0.5, 0.6) is 0 Å². The van der Waals surface area contributed by atoms with E-state index < -0.39 is 0 Å². The molecule has 21 heavy (non-hydrogen) atoms. The van der Waals surface area contributed by atoms with Crippen molar-refractivity contribution in [2.24, 2.45) is 5.92 Å². The van der Waals surface area contributed by atoms with E-state index in [1.165, 1.54) is 19.3 Å². The van der Waals surface area contributed by atoms with Crippen molar-refractivity contribution < 1.29 is 9.53 Å². The third kappa shape index (κ3) is 5.56. The Morgan fingerprint density at radius 2 is 2.19 bits per heavy atom. The first-order valence-corrected chi connectivity index (χ1v) is 7.95. The fraction of sp³-hybridized carbons (Fsp3) is 0.562. The second-order valence-electron chi connectivity index (χ2n) is 5.59. The number of nitrogens with two attached hydrogens (primary N) is 1. The number of hydrogen-bond acceptors (Lipinski definition) is 3. The molecule has 0 radical (unpaired) electrons. The zero-order chi connectivity index (χ0) is 15.1. The molecule has 1 saturated carbocycles. The molecule has 2 rings (SSSR count). The van der Waals surface area contributed by atoms with Crippen LogP contribution in [0.25, 0.3) is 0 Å². The highest BCUT2D eigenvalue weighted by Gasteiger charge is 2.16. The molecule has 1 fully saturated rings. The van der Waals surface area contributed by atoms with E-state index in [1.54, 1.807) is 18.2 Å². The van der Waals surface area contributed by atoms with Crippen molar-refractivity contribution in [2.45, 2.75) is 38.5 Å². The Morgan fingerprint density at radius 1 is 1.38 bits per heavy atom. The summed E-state index contributed by atoms with van der Waals surface area (Å²) >= 11 is 6.01. The van der Waals surface area contributed by atoms with Gasteiger partial charge in [0.15, 0.2) is 0 Å². The molecule has 0 saturated heterocycles. The van der Waals surface area contributed by atoms with Gasteiger partial charge in [0.25, 0.3) is 0 Å².